The second-order valence-corrected chi connectivity index (χ2v) is 14.8. The van der Waals surface area contributed by atoms with Crippen LogP contribution in [0.15, 0.2) is 82.8 Å². The van der Waals surface area contributed by atoms with Crippen LogP contribution in [0.1, 0.15) is 54.2 Å². The third-order valence-electron chi connectivity index (χ3n) is 10.9. The number of aromatic nitrogens is 7. The molecule has 1 saturated carbocycles. The molecule has 17 nitrogen and oxygen atoms in total. The Morgan fingerprint density at radius 3 is 2.54 bits per heavy atom. The molecule has 3 atom stereocenters. The highest BCUT2D eigenvalue weighted by Crippen LogP contribution is 2.29. The van der Waals surface area contributed by atoms with Gasteiger partial charge in [0.15, 0.2) is 17.2 Å². The molecule has 3 fully saturated rings. The highest BCUT2D eigenvalue weighted by molar-refractivity contribution is 6.00. The molecule has 7 heterocycles. The Morgan fingerprint density at radius 1 is 0.965 bits per heavy atom. The first-order valence-corrected chi connectivity index (χ1v) is 18.9. The van der Waals surface area contributed by atoms with E-state index in [2.05, 4.69) is 41.2 Å². The summed E-state index contributed by atoms with van der Waals surface area (Å²) in [6.07, 6.45) is 5.84. The Balaban J connectivity index is 0.931. The molecule has 1 aromatic carbocycles. The number of carbonyl (C=O) groups excluding carboxylic acids is 3. The van der Waals surface area contributed by atoms with Crippen molar-refractivity contribution in [3.05, 3.63) is 105 Å². The Labute approximate surface area is 323 Å². The summed E-state index contributed by atoms with van der Waals surface area (Å²) in [5.41, 5.74) is 3.11. The number of imide groups is 1. The fraction of sp³-hybridized carbons (Fsp3) is 0.333. The second kappa shape index (κ2) is 14.4. The van der Waals surface area contributed by atoms with Gasteiger partial charge in [-0.15, -0.1) is 5.10 Å². The smallest absolute Gasteiger partial charge is 0.329 e. The largest absolute Gasteiger partial charge is 0.379 e. The van der Waals surface area contributed by atoms with Crippen LogP contribution < -0.4 is 32.5 Å². The molecule has 3 aliphatic rings. The number of pyridine rings is 2. The number of rotatable bonds is 10. The first-order valence-electron chi connectivity index (χ1n) is 18.9. The van der Waals surface area contributed by atoms with Crippen molar-refractivity contribution in [3.63, 3.8) is 0 Å². The molecule has 0 bridgehead atoms. The number of benzene rings is 1. The SMILES string of the molecule is Cn1c(=O)n(C2CCC(=O)NC2=O)c2ccc(CN3CCC(Nc4cc(Nc5cccn(-c6ccccn6)c5=O)nn5c(C(=O)N[C@@H]6C[C@@H]6F)cnc45)CC3)cc21. The van der Waals surface area contributed by atoms with Crippen molar-refractivity contribution in [3.8, 4) is 5.82 Å². The summed E-state index contributed by atoms with van der Waals surface area (Å²) in [5, 5.41) is 16.4. The highest BCUT2D eigenvalue weighted by atomic mass is 19.1. The van der Waals surface area contributed by atoms with Crippen molar-refractivity contribution in [1.29, 1.82) is 0 Å². The number of carbonyl (C=O) groups is 3. The molecule has 0 radical (unpaired) electrons. The molecule has 5 aromatic heterocycles. The summed E-state index contributed by atoms with van der Waals surface area (Å²) in [7, 11) is 1.69. The zero-order chi connectivity index (χ0) is 39.4. The van der Waals surface area contributed by atoms with E-state index in [0.717, 1.165) is 31.5 Å². The Hall–Kier alpha value is -6.69. The van der Waals surface area contributed by atoms with E-state index in [1.165, 1.54) is 19.8 Å². The van der Waals surface area contributed by atoms with E-state index in [-0.39, 0.29) is 59.7 Å². The number of fused-ring (bicyclic) bond motifs is 2. The van der Waals surface area contributed by atoms with Crippen LogP contribution in [-0.4, -0.2) is 87.2 Å². The highest BCUT2D eigenvalue weighted by Gasteiger charge is 2.39. The maximum atomic E-state index is 13.7. The first kappa shape index (κ1) is 36.0. The van der Waals surface area contributed by atoms with Gasteiger partial charge < -0.3 is 16.0 Å². The number of piperidine rings is 2. The summed E-state index contributed by atoms with van der Waals surface area (Å²) in [4.78, 5) is 75.5. The summed E-state index contributed by atoms with van der Waals surface area (Å²) < 4.78 is 19.5. The summed E-state index contributed by atoms with van der Waals surface area (Å²) in [6, 6.07) is 15.0. The van der Waals surface area contributed by atoms with Crippen molar-refractivity contribution in [2.45, 2.75) is 62.9 Å². The molecule has 2 aliphatic heterocycles. The van der Waals surface area contributed by atoms with Crippen LogP contribution in [-0.2, 0) is 23.2 Å². The van der Waals surface area contributed by atoms with Crippen LogP contribution >= 0.6 is 0 Å². The Kier molecular flexibility index (Phi) is 9.11. The van der Waals surface area contributed by atoms with Crippen molar-refractivity contribution in [2.24, 2.45) is 7.05 Å². The third-order valence-corrected chi connectivity index (χ3v) is 10.9. The number of nitrogens with zero attached hydrogens (tertiary/aromatic N) is 8. The van der Waals surface area contributed by atoms with E-state index < -0.39 is 30.1 Å². The van der Waals surface area contributed by atoms with Crippen molar-refractivity contribution >= 4 is 51.6 Å². The average molecular weight is 775 g/mol. The minimum atomic E-state index is -1.08. The van der Waals surface area contributed by atoms with Gasteiger partial charge in [-0.25, -0.2) is 23.7 Å². The molecule has 0 spiro atoms. The molecule has 1 unspecified atom stereocenters. The summed E-state index contributed by atoms with van der Waals surface area (Å²) in [5.74, 6) is -0.554. The van der Waals surface area contributed by atoms with Crippen molar-refractivity contribution < 1.29 is 18.8 Å². The molecular formula is C39H39FN12O5. The monoisotopic (exact) mass is 774 g/mol. The number of amides is 3. The number of hydrogen-bond donors (Lipinski definition) is 4. The van der Waals surface area contributed by atoms with Crippen molar-refractivity contribution in [2.75, 3.05) is 23.7 Å². The standard InChI is InChI=1S/C39H39FN12O5/c1-48-30-17-22(7-8-28(30)51(39(48)57)29-9-10-34(53)46-36(29)54)21-49-15-11-23(12-16-49)43-27-19-32(44-25-5-4-14-50(38(25)56)33-6-2-3-13-41-33)47-52-31(20-42-35(27)52)37(55)45-26-18-24(26)40/h2-8,13-14,17,19-20,23-24,26,29,43H,9-12,15-16,18,21H2,1H3,(H,44,47)(H,45,55)(H,46,53,54)/t24-,26+,29?/m0/s1. The van der Waals surface area contributed by atoms with Crippen LogP contribution in [0.4, 0.5) is 21.6 Å². The predicted octanol–water partition coefficient (Wildman–Crippen LogP) is 2.57. The average Bonchev–Trinajstić information content (AvgIpc) is 3.62. The number of likely N-dealkylation sites (tertiary alicyclic amines) is 1. The van der Waals surface area contributed by atoms with Crippen LogP contribution in [0.5, 0.6) is 0 Å². The maximum Gasteiger partial charge on any atom is 0.329 e. The topological polar surface area (TPSA) is 195 Å². The molecule has 3 amide bonds. The van der Waals surface area contributed by atoms with Crippen LogP contribution in [0.2, 0.25) is 0 Å². The minimum Gasteiger partial charge on any atom is -0.379 e. The summed E-state index contributed by atoms with van der Waals surface area (Å²) in [6.45, 7) is 2.19. The Bertz CT molecular complexity index is 2680. The Morgan fingerprint density at radius 2 is 1.79 bits per heavy atom. The molecule has 4 N–H and O–H groups in total. The number of aryl methyl sites for hydroxylation is 1. The van der Waals surface area contributed by atoms with Crippen LogP contribution in [0, 0.1) is 0 Å². The zero-order valence-electron chi connectivity index (χ0n) is 30.9. The fourth-order valence-corrected chi connectivity index (χ4v) is 7.70. The van der Waals surface area contributed by atoms with Gasteiger partial charge >= 0.3 is 5.69 Å². The number of halogens is 1. The molecule has 292 valence electrons. The van der Waals surface area contributed by atoms with Gasteiger partial charge in [-0.1, -0.05) is 12.1 Å². The van der Waals surface area contributed by atoms with Gasteiger partial charge in [0.05, 0.1) is 29.0 Å². The molecular weight excluding hydrogens is 736 g/mol. The number of imidazole rings is 2. The second-order valence-electron chi connectivity index (χ2n) is 14.8. The molecule has 18 heteroatoms. The van der Waals surface area contributed by atoms with E-state index >= 15 is 0 Å². The predicted molar refractivity (Wildman–Crippen MR) is 207 cm³/mol. The molecule has 6 aromatic rings. The van der Waals surface area contributed by atoms with Gasteiger partial charge in [0.2, 0.25) is 11.8 Å². The zero-order valence-corrected chi connectivity index (χ0v) is 30.9. The lowest BCUT2D eigenvalue weighted by Gasteiger charge is -2.33. The van der Waals surface area contributed by atoms with E-state index in [9.17, 15) is 28.4 Å². The fourth-order valence-electron chi connectivity index (χ4n) is 7.70. The number of alkyl halides is 1. The van der Waals surface area contributed by atoms with Gasteiger partial charge in [-0.2, -0.15) is 0 Å². The number of anilines is 3. The van der Waals surface area contributed by atoms with Gasteiger partial charge in [0.25, 0.3) is 11.5 Å². The van der Waals surface area contributed by atoms with Gasteiger partial charge in [-0.05, 0) is 61.2 Å². The van der Waals surface area contributed by atoms with Crippen LogP contribution in [0.25, 0.3) is 22.5 Å². The lowest BCUT2D eigenvalue weighted by atomic mass is 10.0. The minimum absolute atomic E-state index is 0.0389. The maximum absolute atomic E-state index is 13.7. The third kappa shape index (κ3) is 6.92. The van der Waals surface area contributed by atoms with Crippen molar-refractivity contribution in [1.82, 2.24) is 48.8 Å². The first-order chi connectivity index (χ1) is 27.6. The van der Waals surface area contributed by atoms with E-state index in [4.69, 9.17) is 0 Å². The summed E-state index contributed by atoms with van der Waals surface area (Å²) >= 11 is 0. The quantitative estimate of drug-likeness (QED) is 0.150. The van der Waals surface area contributed by atoms with Gasteiger partial charge in [-0.3, -0.25) is 43.1 Å². The van der Waals surface area contributed by atoms with Gasteiger partial charge in [0, 0.05) is 64.0 Å². The van der Waals surface area contributed by atoms with E-state index in [0.29, 0.717) is 34.7 Å². The lowest BCUT2D eigenvalue weighted by molar-refractivity contribution is -0.135. The molecule has 57 heavy (non-hydrogen) atoms. The van der Waals surface area contributed by atoms with Crippen LogP contribution in [0.3, 0.4) is 0 Å². The molecule has 1 aliphatic carbocycles. The van der Waals surface area contributed by atoms with E-state index in [1.54, 1.807) is 60.4 Å². The normalized spacial score (nSPS) is 20.1. The lowest BCUT2D eigenvalue weighted by Crippen LogP contribution is -2.44. The number of hydrogen-bond acceptors (Lipinski definition) is 11. The van der Waals surface area contributed by atoms with E-state index in [1.807, 2.05) is 18.2 Å². The number of nitrogens with one attached hydrogen (secondary N) is 4. The van der Waals surface area contributed by atoms with Gasteiger partial charge in [0.1, 0.15) is 23.7 Å². The molecule has 2 saturated heterocycles. The molecule has 9 rings (SSSR count).